The van der Waals surface area contributed by atoms with E-state index in [1.54, 1.807) is 39.6 Å². The van der Waals surface area contributed by atoms with Gasteiger partial charge in [0.25, 0.3) is 0 Å². The Labute approximate surface area is 136 Å². The van der Waals surface area contributed by atoms with E-state index in [0.29, 0.717) is 34.0 Å². The fourth-order valence-electron chi connectivity index (χ4n) is 1.66. The molecule has 0 aliphatic rings. The van der Waals surface area contributed by atoms with Crippen LogP contribution in [-0.2, 0) is 0 Å². The molecule has 1 aromatic heterocycles. The zero-order chi connectivity index (χ0) is 15.4. The van der Waals surface area contributed by atoms with Crippen molar-refractivity contribution >= 4 is 45.0 Å². The molecule has 2 N–H and O–H groups in total. The molecule has 0 aliphatic carbocycles. The standard InChI is InChI=1S/C13H14BrClN4O2/c1-16-13-17-6-7(14)12(19-13)18-9-4-8(15)10(20-2)5-11(9)21-3/h4-6H,1-3H3,(H2,16,17,18,19). The number of rotatable bonds is 5. The molecule has 0 fully saturated rings. The molecule has 2 rings (SSSR count). The maximum absolute atomic E-state index is 6.15. The molecule has 0 radical (unpaired) electrons. The van der Waals surface area contributed by atoms with Crippen LogP contribution in [-0.4, -0.2) is 31.2 Å². The van der Waals surface area contributed by atoms with Gasteiger partial charge in [0, 0.05) is 19.3 Å². The van der Waals surface area contributed by atoms with Gasteiger partial charge in [-0.1, -0.05) is 11.6 Å². The highest BCUT2D eigenvalue weighted by atomic mass is 79.9. The van der Waals surface area contributed by atoms with Gasteiger partial charge in [0.2, 0.25) is 5.95 Å². The van der Waals surface area contributed by atoms with E-state index in [2.05, 4.69) is 36.5 Å². The van der Waals surface area contributed by atoms with Gasteiger partial charge in [-0.05, 0) is 22.0 Å². The lowest BCUT2D eigenvalue weighted by atomic mass is 10.2. The van der Waals surface area contributed by atoms with Gasteiger partial charge in [-0.2, -0.15) is 4.98 Å². The summed E-state index contributed by atoms with van der Waals surface area (Å²) in [4.78, 5) is 8.42. The fourth-order valence-corrected chi connectivity index (χ4v) is 2.19. The topological polar surface area (TPSA) is 68.3 Å². The lowest BCUT2D eigenvalue weighted by molar-refractivity contribution is 0.396. The number of methoxy groups -OCH3 is 2. The average molecular weight is 374 g/mol. The van der Waals surface area contributed by atoms with Gasteiger partial charge in [0.05, 0.1) is 29.4 Å². The summed E-state index contributed by atoms with van der Waals surface area (Å²) in [6.07, 6.45) is 1.65. The van der Waals surface area contributed by atoms with E-state index < -0.39 is 0 Å². The number of nitrogens with zero attached hydrogens (tertiary/aromatic N) is 2. The van der Waals surface area contributed by atoms with E-state index in [9.17, 15) is 0 Å². The van der Waals surface area contributed by atoms with E-state index in [4.69, 9.17) is 21.1 Å². The zero-order valence-electron chi connectivity index (χ0n) is 11.7. The van der Waals surface area contributed by atoms with Crippen molar-refractivity contribution in [1.82, 2.24) is 9.97 Å². The Kier molecular flexibility index (Phi) is 5.08. The summed E-state index contributed by atoms with van der Waals surface area (Å²) in [7, 11) is 4.87. The normalized spacial score (nSPS) is 10.1. The summed E-state index contributed by atoms with van der Waals surface area (Å²) in [6, 6.07) is 3.42. The molecule has 2 aromatic rings. The Morgan fingerprint density at radius 3 is 2.52 bits per heavy atom. The number of aromatic nitrogens is 2. The third kappa shape index (κ3) is 3.48. The Bertz CT molecular complexity index is 654. The fraction of sp³-hybridized carbons (Fsp3) is 0.231. The van der Waals surface area contributed by atoms with Crippen LogP contribution in [0.4, 0.5) is 17.5 Å². The first kappa shape index (κ1) is 15.7. The molecular formula is C13H14BrClN4O2. The van der Waals surface area contributed by atoms with Crippen molar-refractivity contribution in [3.63, 3.8) is 0 Å². The molecule has 8 heteroatoms. The Hall–Kier alpha value is -1.73. The molecule has 0 bridgehead atoms. The van der Waals surface area contributed by atoms with Crippen LogP contribution in [0.2, 0.25) is 5.02 Å². The number of ether oxygens (including phenoxy) is 2. The lowest BCUT2D eigenvalue weighted by Crippen LogP contribution is -2.02. The predicted molar refractivity (Wildman–Crippen MR) is 87.1 cm³/mol. The highest BCUT2D eigenvalue weighted by Crippen LogP contribution is 2.38. The monoisotopic (exact) mass is 372 g/mol. The summed E-state index contributed by atoms with van der Waals surface area (Å²) in [5.74, 6) is 2.22. The van der Waals surface area contributed by atoms with Crippen LogP contribution in [0.1, 0.15) is 0 Å². The lowest BCUT2D eigenvalue weighted by Gasteiger charge is -2.14. The van der Waals surface area contributed by atoms with Crippen molar-refractivity contribution in [2.24, 2.45) is 0 Å². The van der Waals surface area contributed by atoms with Gasteiger partial charge in [-0.15, -0.1) is 0 Å². The van der Waals surface area contributed by atoms with E-state index >= 15 is 0 Å². The molecule has 0 amide bonds. The average Bonchev–Trinajstić information content (AvgIpc) is 2.49. The molecule has 6 nitrogen and oxygen atoms in total. The number of hydrogen-bond donors (Lipinski definition) is 2. The predicted octanol–water partition coefficient (Wildman–Crippen LogP) is 3.70. The molecule has 0 atom stereocenters. The molecule has 1 aromatic carbocycles. The third-order valence-electron chi connectivity index (χ3n) is 2.69. The van der Waals surface area contributed by atoms with Gasteiger partial charge in [-0.3, -0.25) is 0 Å². The van der Waals surface area contributed by atoms with Crippen molar-refractivity contribution in [3.8, 4) is 11.5 Å². The summed E-state index contributed by atoms with van der Waals surface area (Å²) in [5, 5.41) is 6.51. The molecule has 0 saturated carbocycles. The summed E-state index contributed by atoms with van der Waals surface area (Å²) in [6.45, 7) is 0. The molecule has 0 spiro atoms. The van der Waals surface area contributed by atoms with Gasteiger partial charge in [-0.25, -0.2) is 4.98 Å². The van der Waals surface area contributed by atoms with Crippen molar-refractivity contribution in [3.05, 3.63) is 27.8 Å². The number of hydrogen-bond acceptors (Lipinski definition) is 6. The zero-order valence-corrected chi connectivity index (χ0v) is 14.0. The maximum atomic E-state index is 6.15. The molecule has 1 heterocycles. The second-order valence-electron chi connectivity index (χ2n) is 3.95. The highest BCUT2D eigenvalue weighted by molar-refractivity contribution is 9.10. The van der Waals surface area contributed by atoms with E-state index in [-0.39, 0.29) is 0 Å². The van der Waals surface area contributed by atoms with Gasteiger partial charge < -0.3 is 20.1 Å². The summed E-state index contributed by atoms with van der Waals surface area (Å²) >= 11 is 9.54. The first-order valence-electron chi connectivity index (χ1n) is 5.98. The minimum atomic E-state index is 0.472. The van der Waals surface area contributed by atoms with Crippen LogP contribution in [0.5, 0.6) is 11.5 Å². The molecule has 112 valence electrons. The molecule has 0 saturated heterocycles. The number of nitrogens with one attached hydrogen (secondary N) is 2. The Morgan fingerprint density at radius 2 is 1.90 bits per heavy atom. The Morgan fingerprint density at radius 1 is 1.19 bits per heavy atom. The first-order chi connectivity index (χ1) is 10.1. The van der Waals surface area contributed by atoms with Crippen LogP contribution in [0.25, 0.3) is 0 Å². The van der Waals surface area contributed by atoms with Crippen molar-refractivity contribution in [2.45, 2.75) is 0 Å². The number of benzene rings is 1. The van der Waals surface area contributed by atoms with Crippen molar-refractivity contribution in [1.29, 1.82) is 0 Å². The van der Waals surface area contributed by atoms with Crippen LogP contribution >= 0.6 is 27.5 Å². The smallest absolute Gasteiger partial charge is 0.224 e. The van der Waals surface area contributed by atoms with Crippen molar-refractivity contribution in [2.75, 3.05) is 31.9 Å². The van der Waals surface area contributed by atoms with Gasteiger partial charge in [0.15, 0.2) is 0 Å². The van der Waals surface area contributed by atoms with Crippen LogP contribution in [0.3, 0.4) is 0 Å². The minimum absolute atomic E-state index is 0.472. The number of halogens is 2. The second-order valence-corrected chi connectivity index (χ2v) is 5.21. The van der Waals surface area contributed by atoms with E-state index in [0.717, 1.165) is 4.47 Å². The van der Waals surface area contributed by atoms with Crippen LogP contribution in [0, 0.1) is 0 Å². The molecule has 21 heavy (non-hydrogen) atoms. The maximum Gasteiger partial charge on any atom is 0.224 e. The van der Waals surface area contributed by atoms with Gasteiger partial charge >= 0.3 is 0 Å². The van der Waals surface area contributed by atoms with E-state index in [1.807, 2.05) is 0 Å². The highest BCUT2D eigenvalue weighted by Gasteiger charge is 2.12. The Balaban J connectivity index is 2.41. The molecule has 0 unspecified atom stereocenters. The van der Waals surface area contributed by atoms with Crippen LogP contribution < -0.4 is 20.1 Å². The quantitative estimate of drug-likeness (QED) is 0.833. The number of anilines is 3. The summed E-state index contributed by atoms with van der Waals surface area (Å²) in [5.41, 5.74) is 0.671. The first-order valence-corrected chi connectivity index (χ1v) is 7.15. The van der Waals surface area contributed by atoms with Crippen LogP contribution in [0.15, 0.2) is 22.8 Å². The van der Waals surface area contributed by atoms with E-state index in [1.165, 1.54) is 0 Å². The summed E-state index contributed by atoms with van der Waals surface area (Å²) < 4.78 is 11.2. The molecule has 0 aliphatic heterocycles. The second kappa shape index (κ2) is 6.82. The van der Waals surface area contributed by atoms with Crippen molar-refractivity contribution < 1.29 is 9.47 Å². The SMILES string of the molecule is CNc1ncc(Br)c(Nc2cc(Cl)c(OC)cc2OC)n1. The third-order valence-corrected chi connectivity index (χ3v) is 3.57. The largest absolute Gasteiger partial charge is 0.495 e. The van der Waals surface area contributed by atoms with Gasteiger partial charge in [0.1, 0.15) is 17.3 Å². The minimum Gasteiger partial charge on any atom is -0.495 e. The molecular weight excluding hydrogens is 360 g/mol.